The lowest BCUT2D eigenvalue weighted by Gasteiger charge is -2.17. The van der Waals surface area contributed by atoms with Gasteiger partial charge in [0.2, 0.25) is 0 Å². The zero-order valence-electron chi connectivity index (χ0n) is 11.6. The van der Waals surface area contributed by atoms with Crippen LogP contribution < -0.4 is 15.0 Å². The minimum atomic E-state index is -0.445. The zero-order valence-corrected chi connectivity index (χ0v) is 13.7. The molecule has 0 aliphatic rings. The van der Waals surface area contributed by atoms with Crippen molar-refractivity contribution in [3.63, 3.8) is 0 Å². The summed E-state index contributed by atoms with van der Waals surface area (Å²) in [6.45, 7) is 2.08. The number of halogens is 1. The average molecular weight is 364 g/mol. The highest BCUT2D eigenvalue weighted by Crippen LogP contribution is 2.24. The molecular weight excluding hydrogens is 343 g/mol. The Morgan fingerprint density at radius 3 is 2.44 bits per heavy atom. The molecule has 0 fully saturated rings. The fraction of sp³-hybridized carbons (Fsp3) is 0.462. The molecule has 0 spiro atoms. The number of alkyl halides is 1. The van der Waals surface area contributed by atoms with Crippen LogP contribution in [0.25, 0.3) is 0 Å². The van der Waals surface area contributed by atoms with Gasteiger partial charge in [0.1, 0.15) is 5.75 Å². The maximum atomic E-state index is 11.1. The molecule has 0 radical (unpaired) electrons. The van der Waals surface area contributed by atoms with Gasteiger partial charge >= 0.3 is 6.09 Å². The van der Waals surface area contributed by atoms with Crippen molar-refractivity contribution in [2.24, 2.45) is 0 Å². The smallest absolute Gasteiger partial charge is 0.410 e. The SMILES string of the molecule is CCc1cc(OC(=O)NC)ccc1N(C)C.CI. The second kappa shape index (κ2) is 9.02. The van der Waals surface area contributed by atoms with Gasteiger partial charge in [0, 0.05) is 26.8 Å². The molecule has 4 nitrogen and oxygen atoms in total. The molecule has 18 heavy (non-hydrogen) atoms. The summed E-state index contributed by atoms with van der Waals surface area (Å²) in [5, 5.41) is 2.42. The molecule has 1 N–H and O–H groups in total. The summed E-state index contributed by atoms with van der Waals surface area (Å²) in [5.74, 6) is 0.571. The van der Waals surface area contributed by atoms with E-state index in [4.69, 9.17) is 4.74 Å². The number of nitrogens with zero attached hydrogens (tertiary/aromatic N) is 1. The highest BCUT2D eigenvalue weighted by Gasteiger charge is 2.07. The molecule has 0 saturated carbocycles. The Kier molecular flexibility index (Phi) is 8.53. The number of ether oxygens (including phenoxy) is 1. The van der Waals surface area contributed by atoms with E-state index in [0.29, 0.717) is 5.75 Å². The molecule has 0 aliphatic heterocycles. The lowest BCUT2D eigenvalue weighted by Crippen LogP contribution is -2.22. The Morgan fingerprint density at radius 1 is 1.39 bits per heavy atom. The fourth-order valence-corrected chi connectivity index (χ4v) is 1.50. The summed E-state index contributed by atoms with van der Waals surface area (Å²) in [5.41, 5.74) is 2.30. The number of benzene rings is 1. The van der Waals surface area contributed by atoms with Gasteiger partial charge in [-0.1, -0.05) is 29.5 Å². The van der Waals surface area contributed by atoms with Crippen molar-refractivity contribution in [3.05, 3.63) is 23.8 Å². The average Bonchev–Trinajstić information content (AvgIpc) is 2.40. The van der Waals surface area contributed by atoms with Crippen LogP contribution in [0, 0.1) is 0 Å². The largest absolute Gasteiger partial charge is 0.412 e. The maximum Gasteiger partial charge on any atom is 0.412 e. The van der Waals surface area contributed by atoms with Gasteiger partial charge in [0.15, 0.2) is 0 Å². The maximum absolute atomic E-state index is 11.1. The number of nitrogens with one attached hydrogen (secondary N) is 1. The van der Waals surface area contributed by atoms with E-state index >= 15 is 0 Å². The summed E-state index contributed by atoms with van der Waals surface area (Å²) in [6, 6.07) is 5.64. The minimum absolute atomic E-state index is 0.445. The Hall–Kier alpha value is -0.980. The molecule has 102 valence electrons. The third-order valence-electron chi connectivity index (χ3n) is 2.33. The van der Waals surface area contributed by atoms with Crippen LogP contribution in [-0.2, 0) is 6.42 Å². The summed E-state index contributed by atoms with van der Waals surface area (Å²) < 4.78 is 5.07. The van der Waals surface area contributed by atoms with Gasteiger partial charge in [-0.3, -0.25) is 0 Å². The van der Waals surface area contributed by atoms with E-state index in [1.165, 1.54) is 7.05 Å². The molecule has 0 heterocycles. The van der Waals surface area contributed by atoms with Gasteiger partial charge in [0.25, 0.3) is 0 Å². The second-order valence-corrected chi connectivity index (χ2v) is 3.68. The summed E-state index contributed by atoms with van der Waals surface area (Å²) in [6.07, 6.45) is 0.456. The standard InChI is InChI=1S/C12H18N2O2.CH3I/c1-5-9-8-10(16-12(15)13-2)6-7-11(9)14(3)4;1-2/h6-8H,5H2,1-4H3,(H,13,15);1H3. The first kappa shape index (κ1) is 17.0. The Labute approximate surface area is 123 Å². The van der Waals surface area contributed by atoms with E-state index in [-0.39, 0.29) is 0 Å². The number of hydrogen-bond acceptors (Lipinski definition) is 3. The first-order chi connectivity index (χ1) is 8.58. The van der Waals surface area contributed by atoms with Gasteiger partial charge < -0.3 is 15.0 Å². The van der Waals surface area contributed by atoms with Crippen molar-refractivity contribution in [1.82, 2.24) is 5.32 Å². The van der Waals surface area contributed by atoms with Crippen molar-refractivity contribution in [2.45, 2.75) is 13.3 Å². The molecule has 1 rings (SSSR count). The molecule has 1 aromatic carbocycles. The van der Waals surface area contributed by atoms with Crippen molar-refractivity contribution in [1.29, 1.82) is 0 Å². The lowest BCUT2D eigenvalue weighted by molar-refractivity contribution is 0.203. The summed E-state index contributed by atoms with van der Waals surface area (Å²) >= 11 is 2.15. The van der Waals surface area contributed by atoms with Gasteiger partial charge in [-0.05, 0) is 35.1 Å². The highest BCUT2D eigenvalue weighted by molar-refractivity contribution is 14.1. The Bertz CT molecular complexity index is 381. The Morgan fingerprint density at radius 2 is 2.00 bits per heavy atom. The minimum Gasteiger partial charge on any atom is -0.410 e. The predicted molar refractivity (Wildman–Crippen MR) is 85.2 cm³/mol. The van der Waals surface area contributed by atoms with E-state index in [1.807, 2.05) is 36.1 Å². The zero-order chi connectivity index (χ0) is 14.1. The summed E-state index contributed by atoms with van der Waals surface area (Å²) in [7, 11) is 5.53. The topological polar surface area (TPSA) is 41.6 Å². The monoisotopic (exact) mass is 364 g/mol. The molecule has 0 atom stereocenters. The third-order valence-corrected chi connectivity index (χ3v) is 2.33. The number of aryl methyl sites for hydroxylation is 1. The molecule has 1 amide bonds. The normalized spacial score (nSPS) is 9.00. The number of carbonyl (C=O) groups excluding carboxylic acids is 1. The van der Waals surface area contributed by atoms with Crippen LogP contribution in [0.2, 0.25) is 0 Å². The number of rotatable bonds is 3. The van der Waals surface area contributed by atoms with Gasteiger partial charge in [-0.25, -0.2) is 4.79 Å². The molecule has 0 unspecified atom stereocenters. The van der Waals surface area contributed by atoms with E-state index < -0.39 is 6.09 Å². The van der Waals surface area contributed by atoms with Gasteiger partial charge in [-0.15, -0.1) is 0 Å². The van der Waals surface area contributed by atoms with Crippen LogP contribution in [0.4, 0.5) is 10.5 Å². The quantitative estimate of drug-likeness (QED) is 0.662. The predicted octanol–water partition coefficient (Wildman–Crippen LogP) is 3.08. The van der Waals surface area contributed by atoms with Crippen molar-refractivity contribution < 1.29 is 9.53 Å². The Balaban J connectivity index is 0.00000137. The van der Waals surface area contributed by atoms with Crippen LogP contribution >= 0.6 is 22.6 Å². The number of anilines is 1. The van der Waals surface area contributed by atoms with Crippen LogP contribution in [0.1, 0.15) is 12.5 Å². The first-order valence-corrected chi connectivity index (χ1v) is 7.81. The summed E-state index contributed by atoms with van der Waals surface area (Å²) in [4.78, 5) is 15.1. The van der Waals surface area contributed by atoms with Crippen molar-refractivity contribution >= 4 is 34.4 Å². The van der Waals surface area contributed by atoms with Crippen molar-refractivity contribution in [2.75, 3.05) is 31.0 Å². The molecule has 0 aromatic heterocycles. The molecule has 0 aliphatic carbocycles. The van der Waals surface area contributed by atoms with E-state index in [9.17, 15) is 4.79 Å². The van der Waals surface area contributed by atoms with Crippen LogP contribution in [0.3, 0.4) is 0 Å². The van der Waals surface area contributed by atoms with Crippen LogP contribution in [0.5, 0.6) is 5.75 Å². The van der Waals surface area contributed by atoms with Crippen LogP contribution in [0.15, 0.2) is 18.2 Å². The molecule has 0 bridgehead atoms. The lowest BCUT2D eigenvalue weighted by atomic mass is 10.1. The number of hydrogen-bond donors (Lipinski definition) is 1. The molecule has 1 aromatic rings. The number of carbonyl (C=O) groups is 1. The third kappa shape index (κ3) is 5.12. The fourth-order valence-electron chi connectivity index (χ4n) is 1.50. The molecular formula is C13H21IN2O2. The van der Waals surface area contributed by atoms with E-state index in [0.717, 1.165) is 17.7 Å². The van der Waals surface area contributed by atoms with Crippen LogP contribution in [-0.4, -0.2) is 32.2 Å². The second-order valence-electron chi connectivity index (χ2n) is 3.68. The molecule has 5 heteroatoms. The number of amides is 1. The van der Waals surface area contributed by atoms with Gasteiger partial charge in [0.05, 0.1) is 0 Å². The first-order valence-electron chi connectivity index (χ1n) is 5.66. The van der Waals surface area contributed by atoms with E-state index in [1.54, 1.807) is 6.07 Å². The van der Waals surface area contributed by atoms with Crippen molar-refractivity contribution in [3.8, 4) is 5.75 Å². The van der Waals surface area contributed by atoms with E-state index in [2.05, 4.69) is 34.8 Å². The highest BCUT2D eigenvalue weighted by atomic mass is 127. The molecule has 0 saturated heterocycles. The van der Waals surface area contributed by atoms with Gasteiger partial charge in [-0.2, -0.15) is 0 Å².